The first kappa shape index (κ1) is 13.3. The summed E-state index contributed by atoms with van der Waals surface area (Å²) in [5.74, 6) is 0.164. The van der Waals surface area contributed by atoms with Gasteiger partial charge in [-0.3, -0.25) is 4.79 Å². The molecule has 102 valence electrons. The van der Waals surface area contributed by atoms with Crippen LogP contribution in [0.4, 0.5) is 4.39 Å². The molecule has 0 amide bonds. The van der Waals surface area contributed by atoms with Crippen LogP contribution >= 0.6 is 15.9 Å². The second kappa shape index (κ2) is 5.37. The van der Waals surface area contributed by atoms with E-state index in [1.54, 1.807) is 24.3 Å². The molecule has 0 radical (unpaired) electrons. The van der Waals surface area contributed by atoms with E-state index in [-0.39, 0.29) is 18.0 Å². The van der Waals surface area contributed by atoms with Gasteiger partial charge in [0.1, 0.15) is 11.6 Å². The van der Waals surface area contributed by atoms with E-state index in [0.29, 0.717) is 23.5 Å². The second-order valence-corrected chi connectivity index (χ2v) is 5.65. The van der Waals surface area contributed by atoms with Crippen LogP contribution in [0.5, 0.6) is 5.75 Å². The lowest BCUT2D eigenvalue weighted by Crippen LogP contribution is -2.07. The summed E-state index contributed by atoms with van der Waals surface area (Å²) in [7, 11) is 0. The summed E-state index contributed by atoms with van der Waals surface area (Å²) < 4.78 is 20.0. The Morgan fingerprint density at radius 2 is 2.10 bits per heavy atom. The maximum absolute atomic E-state index is 13.6. The number of carbonyl (C=O) groups is 1. The zero-order valence-electron chi connectivity index (χ0n) is 10.7. The van der Waals surface area contributed by atoms with E-state index in [0.717, 1.165) is 16.5 Å². The Labute approximate surface area is 124 Å². The van der Waals surface area contributed by atoms with Crippen LogP contribution in [0.15, 0.2) is 40.9 Å². The minimum Gasteiger partial charge on any atom is -0.492 e. The highest BCUT2D eigenvalue weighted by Crippen LogP contribution is 2.33. The lowest BCUT2D eigenvalue weighted by atomic mass is 9.99. The number of halogens is 2. The van der Waals surface area contributed by atoms with E-state index in [2.05, 4.69) is 15.9 Å². The van der Waals surface area contributed by atoms with E-state index in [1.807, 2.05) is 6.07 Å². The quantitative estimate of drug-likeness (QED) is 0.794. The fraction of sp³-hybridized carbons (Fsp3) is 0.188. The lowest BCUT2D eigenvalue weighted by molar-refractivity contribution is 0.0988. The topological polar surface area (TPSA) is 26.3 Å². The lowest BCUT2D eigenvalue weighted by Gasteiger charge is -2.08. The molecular formula is C16H12BrFO2. The van der Waals surface area contributed by atoms with Crippen LogP contribution in [-0.2, 0) is 12.8 Å². The van der Waals surface area contributed by atoms with Gasteiger partial charge in [-0.25, -0.2) is 4.39 Å². The molecule has 0 aliphatic carbocycles. The molecule has 0 N–H and O–H groups in total. The molecule has 2 nitrogen and oxygen atoms in total. The minimum absolute atomic E-state index is 0.0406. The number of ether oxygens (including phenoxy) is 1. The Kier molecular flexibility index (Phi) is 3.57. The molecule has 0 saturated heterocycles. The molecule has 1 aliphatic rings. The summed E-state index contributed by atoms with van der Waals surface area (Å²) in [4.78, 5) is 12.4. The minimum atomic E-state index is -0.353. The first-order valence-corrected chi connectivity index (χ1v) is 7.16. The molecule has 1 heterocycles. The Morgan fingerprint density at radius 1 is 1.30 bits per heavy atom. The van der Waals surface area contributed by atoms with Gasteiger partial charge in [-0.1, -0.05) is 34.1 Å². The Hall–Kier alpha value is -1.68. The molecule has 0 bridgehead atoms. The van der Waals surface area contributed by atoms with Gasteiger partial charge >= 0.3 is 0 Å². The molecular weight excluding hydrogens is 323 g/mol. The third kappa shape index (κ3) is 2.48. The van der Waals surface area contributed by atoms with Crippen molar-refractivity contribution in [2.24, 2.45) is 0 Å². The molecule has 0 saturated carbocycles. The summed E-state index contributed by atoms with van der Waals surface area (Å²) in [6.45, 7) is 0.589. The van der Waals surface area contributed by atoms with Gasteiger partial charge in [-0.05, 0) is 29.3 Å². The predicted molar refractivity (Wildman–Crippen MR) is 77.8 cm³/mol. The summed E-state index contributed by atoms with van der Waals surface area (Å²) in [5.41, 5.74) is 1.95. The number of benzene rings is 2. The van der Waals surface area contributed by atoms with Crippen molar-refractivity contribution in [3.8, 4) is 5.75 Å². The number of ketones is 1. The Balaban J connectivity index is 1.94. The van der Waals surface area contributed by atoms with E-state index >= 15 is 0 Å². The highest BCUT2D eigenvalue weighted by Gasteiger charge is 2.22. The maximum Gasteiger partial charge on any atom is 0.171 e. The van der Waals surface area contributed by atoms with Crippen molar-refractivity contribution in [1.29, 1.82) is 0 Å². The van der Waals surface area contributed by atoms with Crippen LogP contribution in [0.1, 0.15) is 21.5 Å². The van der Waals surface area contributed by atoms with Gasteiger partial charge in [0.2, 0.25) is 0 Å². The van der Waals surface area contributed by atoms with E-state index in [4.69, 9.17) is 4.74 Å². The Bertz CT molecular complexity index is 682. The molecule has 0 fully saturated rings. The molecule has 0 unspecified atom stereocenters. The van der Waals surface area contributed by atoms with Gasteiger partial charge in [0.05, 0.1) is 12.2 Å². The number of hydrogen-bond acceptors (Lipinski definition) is 2. The van der Waals surface area contributed by atoms with Crippen LogP contribution in [-0.4, -0.2) is 12.4 Å². The molecule has 0 atom stereocenters. The van der Waals surface area contributed by atoms with Crippen LogP contribution in [0.2, 0.25) is 0 Å². The largest absolute Gasteiger partial charge is 0.492 e. The van der Waals surface area contributed by atoms with Gasteiger partial charge in [-0.2, -0.15) is 0 Å². The third-order valence-corrected chi connectivity index (χ3v) is 3.82. The van der Waals surface area contributed by atoms with Crippen LogP contribution < -0.4 is 4.74 Å². The van der Waals surface area contributed by atoms with Crippen molar-refractivity contribution >= 4 is 21.7 Å². The number of rotatable bonds is 3. The first-order valence-electron chi connectivity index (χ1n) is 6.37. The molecule has 0 spiro atoms. The van der Waals surface area contributed by atoms with E-state index in [9.17, 15) is 9.18 Å². The molecule has 20 heavy (non-hydrogen) atoms. The van der Waals surface area contributed by atoms with Crippen molar-refractivity contribution in [2.75, 3.05) is 6.61 Å². The normalized spacial score (nSPS) is 12.9. The smallest absolute Gasteiger partial charge is 0.171 e. The highest BCUT2D eigenvalue weighted by molar-refractivity contribution is 9.10. The molecule has 2 aromatic carbocycles. The predicted octanol–water partition coefficient (Wildman–Crippen LogP) is 3.95. The zero-order valence-corrected chi connectivity index (χ0v) is 12.2. The average Bonchev–Trinajstić information content (AvgIpc) is 2.88. The number of Topliss-reactive ketones (excluding diaryl/α,β-unsaturated/α-hetero) is 1. The standard InChI is InChI=1S/C16H12BrFO2/c17-12-7-11-5-6-20-16(11)13(9-12)15(19)8-10-3-1-2-4-14(10)18/h1-4,7,9H,5-6,8H2. The number of fused-ring (bicyclic) bond motifs is 1. The van der Waals surface area contributed by atoms with Gasteiger partial charge in [0.15, 0.2) is 5.78 Å². The summed E-state index contributed by atoms with van der Waals surface area (Å²) in [6.07, 6.45) is 0.841. The average molecular weight is 335 g/mol. The summed E-state index contributed by atoms with van der Waals surface area (Å²) in [5, 5.41) is 0. The van der Waals surface area contributed by atoms with Crippen LogP contribution in [0, 0.1) is 5.82 Å². The van der Waals surface area contributed by atoms with Gasteiger partial charge in [-0.15, -0.1) is 0 Å². The molecule has 0 aromatic heterocycles. The fourth-order valence-electron chi connectivity index (χ4n) is 2.39. The highest BCUT2D eigenvalue weighted by atomic mass is 79.9. The number of hydrogen-bond donors (Lipinski definition) is 0. The molecule has 2 aromatic rings. The number of carbonyl (C=O) groups excluding carboxylic acids is 1. The first-order chi connectivity index (χ1) is 9.65. The van der Waals surface area contributed by atoms with Crippen molar-refractivity contribution in [1.82, 2.24) is 0 Å². The molecule has 4 heteroatoms. The maximum atomic E-state index is 13.6. The third-order valence-electron chi connectivity index (χ3n) is 3.36. The summed E-state index contributed by atoms with van der Waals surface area (Å²) in [6, 6.07) is 10.0. The van der Waals surface area contributed by atoms with Crippen molar-refractivity contribution in [2.45, 2.75) is 12.8 Å². The SMILES string of the molecule is O=C(Cc1ccccc1F)c1cc(Br)cc2c1OCC2. The monoisotopic (exact) mass is 334 g/mol. The van der Waals surface area contributed by atoms with Crippen LogP contribution in [0.25, 0.3) is 0 Å². The Morgan fingerprint density at radius 3 is 2.90 bits per heavy atom. The van der Waals surface area contributed by atoms with Crippen molar-refractivity contribution in [3.05, 3.63) is 63.4 Å². The molecule has 1 aliphatic heterocycles. The van der Waals surface area contributed by atoms with Crippen molar-refractivity contribution in [3.63, 3.8) is 0 Å². The van der Waals surface area contributed by atoms with E-state index in [1.165, 1.54) is 6.07 Å². The van der Waals surface area contributed by atoms with Crippen molar-refractivity contribution < 1.29 is 13.9 Å². The summed E-state index contributed by atoms with van der Waals surface area (Å²) >= 11 is 3.40. The second-order valence-electron chi connectivity index (χ2n) is 4.73. The van der Waals surface area contributed by atoms with Gasteiger partial charge in [0, 0.05) is 17.3 Å². The van der Waals surface area contributed by atoms with E-state index < -0.39 is 0 Å². The zero-order chi connectivity index (χ0) is 14.1. The fourth-order valence-corrected chi connectivity index (χ4v) is 2.89. The van der Waals surface area contributed by atoms with Gasteiger partial charge < -0.3 is 4.74 Å². The van der Waals surface area contributed by atoms with Gasteiger partial charge in [0.25, 0.3) is 0 Å². The molecule has 3 rings (SSSR count). The van der Waals surface area contributed by atoms with Crippen LogP contribution in [0.3, 0.4) is 0 Å².